The van der Waals surface area contributed by atoms with Crippen LogP contribution in [0.5, 0.6) is 0 Å². The van der Waals surface area contributed by atoms with Crippen molar-refractivity contribution in [3.8, 4) is 0 Å². The van der Waals surface area contributed by atoms with Gasteiger partial charge in [0.1, 0.15) is 6.10 Å². The molecule has 2 aromatic heterocycles. The van der Waals surface area contributed by atoms with Gasteiger partial charge < -0.3 is 4.74 Å². The molecule has 1 atom stereocenters. The summed E-state index contributed by atoms with van der Waals surface area (Å²) in [5.74, 6) is 0.190. The van der Waals surface area contributed by atoms with E-state index in [9.17, 15) is 4.79 Å². The zero-order valence-corrected chi connectivity index (χ0v) is 11.2. The Labute approximate surface area is 107 Å². The third-order valence-electron chi connectivity index (χ3n) is 3.08. The first-order valence-electron chi connectivity index (χ1n) is 6.10. The van der Waals surface area contributed by atoms with Crippen LogP contribution in [-0.4, -0.2) is 28.6 Å². The summed E-state index contributed by atoms with van der Waals surface area (Å²) in [5, 5.41) is 4.49. The van der Waals surface area contributed by atoms with Crippen LogP contribution in [0.4, 0.5) is 0 Å². The van der Waals surface area contributed by atoms with Gasteiger partial charge in [-0.05, 0) is 25.0 Å². The van der Waals surface area contributed by atoms with Gasteiger partial charge >= 0.3 is 0 Å². The van der Waals surface area contributed by atoms with Gasteiger partial charge in [0.2, 0.25) is 0 Å². The van der Waals surface area contributed by atoms with E-state index in [0.29, 0.717) is 5.56 Å². The van der Waals surface area contributed by atoms with Crippen LogP contribution in [0.3, 0.4) is 0 Å². The number of pyridine rings is 1. The van der Waals surface area contributed by atoms with Crippen LogP contribution in [0.15, 0.2) is 24.4 Å². The van der Waals surface area contributed by atoms with E-state index in [0.717, 1.165) is 11.2 Å². The second kappa shape index (κ2) is 4.90. The molecule has 18 heavy (non-hydrogen) atoms. The largest absolute Gasteiger partial charge is 0.374 e. The van der Waals surface area contributed by atoms with E-state index >= 15 is 0 Å². The summed E-state index contributed by atoms with van der Waals surface area (Å²) in [6.07, 6.45) is 1.41. The zero-order chi connectivity index (χ0) is 13.3. The van der Waals surface area contributed by atoms with Crippen molar-refractivity contribution < 1.29 is 9.53 Å². The van der Waals surface area contributed by atoms with Gasteiger partial charge in [0.15, 0.2) is 5.78 Å². The number of fused-ring (bicyclic) bond motifs is 1. The Morgan fingerprint density at radius 2 is 2.06 bits per heavy atom. The van der Waals surface area contributed by atoms with Crippen LogP contribution in [0, 0.1) is 0 Å². The lowest BCUT2D eigenvalue weighted by atomic mass is 9.99. The highest BCUT2D eigenvalue weighted by Gasteiger charge is 2.25. The fourth-order valence-corrected chi connectivity index (χ4v) is 1.98. The molecule has 1 unspecified atom stereocenters. The Morgan fingerprint density at radius 1 is 1.33 bits per heavy atom. The van der Waals surface area contributed by atoms with Gasteiger partial charge in [0.05, 0.1) is 16.8 Å². The van der Waals surface area contributed by atoms with Gasteiger partial charge in [-0.3, -0.25) is 4.79 Å². The maximum Gasteiger partial charge on any atom is 0.195 e. The average molecular weight is 246 g/mol. The van der Waals surface area contributed by atoms with E-state index in [1.165, 1.54) is 0 Å². The zero-order valence-electron chi connectivity index (χ0n) is 11.2. The molecule has 0 bridgehead atoms. The Morgan fingerprint density at radius 3 is 2.67 bits per heavy atom. The van der Waals surface area contributed by atoms with Crippen molar-refractivity contribution in [2.45, 2.75) is 32.8 Å². The number of methoxy groups -OCH3 is 1. The van der Waals surface area contributed by atoms with Crippen molar-refractivity contribution in [2.24, 2.45) is 0 Å². The molecule has 0 spiro atoms. The molecule has 2 aromatic rings. The first-order valence-corrected chi connectivity index (χ1v) is 6.10. The first kappa shape index (κ1) is 12.8. The van der Waals surface area contributed by atoms with Gasteiger partial charge in [-0.25, -0.2) is 4.52 Å². The molecule has 0 fully saturated rings. The summed E-state index contributed by atoms with van der Waals surface area (Å²) < 4.78 is 6.89. The van der Waals surface area contributed by atoms with Crippen LogP contribution in [0.2, 0.25) is 0 Å². The molecule has 0 radical (unpaired) electrons. The topological polar surface area (TPSA) is 43.6 Å². The van der Waals surface area contributed by atoms with Crippen LogP contribution in [0.1, 0.15) is 42.7 Å². The maximum atomic E-state index is 12.4. The highest BCUT2D eigenvalue weighted by Crippen LogP contribution is 2.24. The Bertz CT molecular complexity index is 572. The number of Topliss-reactive ketones (excluding diaryl/α,β-unsaturated/α-hetero) is 1. The van der Waals surface area contributed by atoms with E-state index in [-0.39, 0.29) is 11.7 Å². The molecule has 2 rings (SSSR count). The van der Waals surface area contributed by atoms with E-state index < -0.39 is 6.10 Å². The lowest BCUT2D eigenvalue weighted by molar-refractivity contribution is 0.0656. The standard InChI is InChI=1S/C14H18N2O2/c1-9(2)13-12(14(17)10(3)18-4)11-7-5-6-8-16(11)15-13/h5-10H,1-4H3. The number of nitrogens with zero attached hydrogens (tertiary/aromatic N) is 2. The molecule has 2 heterocycles. The quantitative estimate of drug-likeness (QED) is 0.779. The fourth-order valence-electron chi connectivity index (χ4n) is 1.98. The molecular formula is C14H18N2O2. The number of aromatic nitrogens is 2. The van der Waals surface area contributed by atoms with Crippen molar-refractivity contribution in [1.29, 1.82) is 0 Å². The van der Waals surface area contributed by atoms with E-state index in [1.807, 2.05) is 38.2 Å². The molecule has 96 valence electrons. The highest BCUT2D eigenvalue weighted by molar-refractivity contribution is 6.06. The number of carbonyl (C=O) groups is 1. The summed E-state index contributed by atoms with van der Waals surface area (Å²) >= 11 is 0. The van der Waals surface area contributed by atoms with Gasteiger partial charge in [-0.1, -0.05) is 19.9 Å². The van der Waals surface area contributed by atoms with Crippen LogP contribution >= 0.6 is 0 Å². The Kier molecular flexibility index (Phi) is 3.48. The van der Waals surface area contributed by atoms with Gasteiger partial charge in [0, 0.05) is 13.3 Å². The normalized spacial score (nSPS) is 13.2. The minimum absolute atomic E-state index is 0.0117. The molecule has 0 saturated carbocycles. The molecule has 4 nitrogen and oxygen atoms in total. The average Bonchev–Trinajstić information content (AvgIpc) is 2.76. The Hall–Kier alpha value is -1.68. The second-order valence-corrected chi connectivity index (χ2v) is 4.69. The minimum Gasteiger partial charge on any atom is -0.374 e. The van der Waals surface area contributed by atoms with Crippen LogP contribution in [0.25, 0.3) is 5.52 Å². The summed E-state index contributed by atoms with van der Waals surface area (Å²) in [7, 11) is 1.54. The molecule has 0 aliphatic carbocycles. The number of ether oxygens (including phenoxy) is 1. The maximum absolute atomic E-state index is 12.4. The van der Waals surface area contributed by atoms with Gasteiger partial charge in [0.25, 0.3) is 0 Å². The van der Waals surface area contributed by atoms with Crippen LogP contribution < -0.4 is 0 Å². The molecule has 4 heteroatoms. The van der Waals surface area contributed by atoms with Gasteiger partial charge in [-0.15, -0.1) is 0 Å². The fraction of sp³-hybridized carbons (Fsp3) is 0.429. The Balaban J connectivity index is 2.65. The predicted octanol–water partition coefficient (Wildman–Crippen LogP) is 2.68. The summed E-state index contributed by atoms with van der Waals surface area (Å²) in [5.41, 5.74) is 2.35. The number of rotatable bonds is 4. The minimum atomic E-state index is -0.448. The third-order valence-corrected chi connectivity index (χ3v) is 3.08. The molecule has 0 N–H and O–H groups in total. The number of ketones is 1. The van der Waals surface area contributed by atoms with E-state index in [2.05, 4.69) is 5.10 Å². The number of carbonyl (C=O) groups excluding carboxylic acids is 1. The smallest absolute Gasteiger partial charge is 0.195 e. The van der Waals surface area contributed by atoms with Crippen molar-refractivity contribution in [1.82, 2.24) is 9.61 Å². The molecule has 0 amide bonds. The molecule has 0 aromatic carbocycles. The predicted molar refractivity (Wildman–Crippen MR) is 70.1 cm³/mol. The molecular weight excluding hydrogens is 228 g/mol. The van der Waals surface area contributed by atoms with Crippen molar-refractivity contribution in [3.05, 3.63) is 35.7 Å². The third kappa shape index (κ3) is 2.04. The lowest BCUT2D eigenvalue weighted by Gasteiger charge is -2.10. The van der Waals surface area contributed by atoms with E-state index in [1.54, 1.807) is 18.5 Å². The van der Waals surface area contributed by atoms with E-state index in [4.69, 9.17) is 4.74 Å². The van der Waals surface area contributed by atoms with Crippen LogP contribution in [-0.2, 0) is 4.74 Å². The van der Waals surface area contributed by atoms with Gasteiger partial charge in [-0.2, -0.15) is 5.10 Å². The molecule has 0 saturated heterocycles. The SMILES string of the molecule is COC(C)C(=O)c1c(C(C)C)nn2ccccc12. The number of hydrogen-bond acceptors (Lipinski definition) is 3. The second-order valence-electron chi connectivity index (χ2n) is 4.69. The summed E-state index contributed by atoms with van der Waals surface area (Å²) in [6, 6.07) is 5.72. The van der Waals surface area contributed by atoms with Crippen molar-refractivity contribution in [2.75, 3.05) is 7.11 Å². The van der Waals surface area contributed by atoms with Crippen molar-refractivity contribution in [3.63, 3.8) is 0 Å². The molecule has 0 aliphatic heterocycles. The number of hydrogen-bond donors (Lipinski definition) is 0. The lowest BCUT2D eigenvalue weighted by Crippen LogP contribution is -2.20. The molecule has 0 aliphatic rings. The summed E-state index contributed by atoms with van der Waals surface area (Å²) in [4.78, 5) is 12.4. The monoisotopic (exact) mass is 246 g/mol. The summed E-state index contributed by atoms with van der Waals surface area (Å²) in [6.45, 7) is 5.84. The first-order chi connectivity index (χ1) is 8.56. The van der Waals surface area contributed by atoms with Crippen molar-refractivity contribution >= 4 is 11.3 Å². The highest BCUT2D eigenvalue weighted by atomic mass is 16.5.